The minimum atomic E-state index is -0.890. The lowest BCUT2D eigenvalue weighted by Gasteiger charge is -2.02. The Kier molecular flexibility index (Phi) is 2.38. The fraction of sp³-hybridized carbons (Fsp3) is 0.125. The SMILES string of the molecule is N#CC(C(N)=O)c1cccnc1. The molecule has 0 bridgehead atoms. The van der Waals surface area contributed by atoms with Gasteiger partial charge in [0.25, 0.3) is 0 Å². The lowest BCUT2D eigenvalue weighted by atomic mass is 10.0. The van der Waals surface area contributed by atoms with Crippen molar-refractivity contribution in [2.24, 2.45) is 5.73 Å². The van der Waals surface area contributed by atoms with Crippen molar-refractivity contribution in [3.63, 3.8) is 0 Å². The average molecular weight is 161 g/mol. The summed E-state index contributed by atoms with van der Waals surface area (Å²) in [7, 11) is 0. The summed E-state index contributed by atoms with van der Waals surface area (Å²) >= 11 is 0. The molecule has 0 aliphatic rings. The van der Waals surface area contributed by atoms with Gasteiger partial charge in [-0.2, -0.15) is 5.26 Å². The second-order valence-corrected chi connectivity index (χ2v) is 2.25. The molecule has 0 radical (unpaired) electrons. The number of hydrogen-bond donors (Lipinski definition) is 1. The Hall–Kier alpha value is -1.89. The molecule has 1 rings (SSSR count). The van der Waals surface area contributed by atoms with Gasteiger partial charge >= 0.3 is 0 Å². The Morgan fingerprint density at radius 1 is 1.75 bits per heavy atom. The number of aromatic nitrogens is 1. The number of carbonyl (C=O) groups excluding carboxylic acids is 1. The molecule has 0 aliphatic carbocycles. The van der Waals surface area contributed by atoms with Crippen LogP contribution in [0.1, 0.15) is 11.5 Å². The molecule has 0 fully saturated rings. The normalized spacial score (nSPS) is 11.6. The predicted octanol–water partition coefficient (Wildman–Crippen LogP) is 0.174. The minimum Gasteiger partial charge on any atom is -0.368 e. The highest BCUT2D eigenvalue weighted by Gasteiger charge is 2.16. The van der Waals surface area contributed by atoms with Crippen LogP contribution in [0.25, 0.3) is 0 Å². The third kappa shape index (κ3) is 1.58. The van der Waals surface area contributed by atoms with E-state index in [4.69, 9.17) is 11.0 Å². The zero-order valence-corrected chi connectivity index (χ0v) is 6.27. The monoisotopic (exact) mass is 161 g/mol. The maximum atomic E-state index is 10.7. The number of pyridine rings is 1. The van der Waals surface area contributed by atoms with Gasteiger partial charge in [-0.05, 0) is 11.6 Å². The van der Waals surface area contributed by atoms with Crippen LogP contribution in [-0.2, 0) is 4.79 Å². The van der Waals surface area contributed by atoms with Crippen LogP contribution in [0, 0.1) is 11.3 Å². The summed E-state index contributed by atoms with van der Waals surface area (Å²) in [5, 5.41) is 8.57. The first kappa shape index (κ1) is 8.21. The molecule has 0 aromatic carbocycles. The number of nitriles is 1. The highest BCUT2D eigenvalue weighted by atomic mass is 16.1. The van der Waals surface area contributed by atoms with Crippen LogP contribution >= 0.6 is 0 Å². The molecule has 1 unspecified atom stereocenters. The Bertz CT molecular complexity index is 315. The number of primary amides is 1. The van der Waals surface area contributed by atoms with Crippen molar-refractivity contribution < 1.29 is 4.79 Å². The van der Waals surface area contributed by atoms with Gasteiger partial charge in [0.2, 0.25) is 5.91 Å². The molecule has 2 N–H and O–H groups in total. The van der Waals surface area contributed by atoms with Crippen molar-refractivity contribution in [2.45, 2.75) is 5.92 Å². The van der Waals surface area contributed by atoms with Crippen molar-refractivity contribution in [3.05, 3.63) is 30.1 Å². The van der Waals surface area contributed by atoms with Crippen molar-refractivity contribution >= 4 is 5.91 Å². The van der Waals surface area contributed by atoms with E-state index in [-0.39, 0.29) is 0 Å². The van der Waals surface area contributed by atoms with Crippen LogP contribution in [0.5, 0.6) is 0 Å². The van der Waals surface area contributed by atoms with Gasteiger partial charge in [0.05, 0.1) is 6.07 Å². The number of nitrogens with zero attached hydrogens (tertiary/aromatic N) is 2. The number of rotatable bonds is 2. The zero-order chi connectivity index (χ0) is 8.97. The summed E-state index contributed by atoms with van der Waals surface area (Å²) in [6, 6.07) is 5.10. The van der Waals surface area contributed by atoms with E-state index in [1.165, 1.54) is 6.20 Å². The van der Waals surface area contributed by atoms with E-state index in [0.717, 1.165) is 0 Å². The predicted molar refractivity (Wildman–Crippen MR) is 41.8 cm³/mol. The topological polar surface area (TPSA) is 79.8 Å². The van der Waals surface area contributed by atoms with E-state index in [2.05, 4.69) is 4.98 Å². The molecule has 1 heterocycles. The van der Waals surface area contributed by atoms with Gasteiger partial charge < -0.3 is 5.73 Å². The van der Waals surface area contributed by atoms with Crippen LogP contribution in [0.2, 0.25) is 0 Å². The van der Waals surface area contributed by atoms with Crippen molar-refractivity contribution in [2.75, 3.05) is 0 Å². The van der Waals surface area contributed by atoms with E-state index in [1.54, 1.807) is 24.4 Å². The smallest absolute Gasteiger partial charge is 0.239 e. The summed E-state index contributed by atoms with van der Waals surface area (Å²) in [6.45, 7) is 0. The van der Waals surface area contributed by atoms with Crippen LogP contribution in [-0.4, -0.2) is 10.9 Å². The molecule has 1 atom stereocenters. The van der Waals surface area contributed by atoms with Gasteiger partial charge in [-0.15, -0.1) is 0 Å². The van der Waals surface area contributed by atoms with E-state index in [0.29, 0.717) is 5.56 Å². The fourth-order valence-corrected chi connectivity index (χ4v) is 0.849. The first-order valence-electron chi connectivity index (χ1n) is 3.34. The first-order chi connectivity index (χ1) is 5.75. The molecule has 0 spiro atoms. The van der Waals surface area contributed by atoms with Gasteiger partial charge in [0, 0.05) is 12.4 Å². The molecule has 12 heavy (non-hydrogen) atoms. The molecule has 1 aromatic heterocycles. The summed E-state index contributed by atoms with van der Waals surface area (Å²) in [4.78, 5) is 14.5. The number of hydrogen-bond acceptors (Lipinski definition) is 3. The van der Waals surface area contributed by atoms with Crippen molar-refractivity contribution in [1.29, 1.82) is 5.26 Å². The third-order valence-corrected chi connectivity index (χ3v) is 1.43. The largest absolute Gasteiger partial charge is 0.368 e. The second-order valence-electron chi connectivity index (χ2n) is 2.25. The van der Waals surface area contributed by atoms with Gasteiger partial charge in [-0.1, -0.05) is 6.07 Å². The summed E-state index contributed by atoms with van der Waals surface area (Å²) < 4.78 is 0. The molecule has 0 aliphatic heterocycles. The van der Waals surface area contributed by atoms with Crippen LogP contribution in [0.4, 0.5) is 0 Å². The Morgan fingerprint density at radius 3 is 2.92 bits per heavy atom. The van der Waals surface area contributed by atoms with E-state index in [1.807, 2.05) is 0 Å². The number of nitrogens with two attached hydrogens (primary N) is 1. The molecule has 0 saturated carbocycles. The highest BCUT2D eigenvalue weighted by molar-refractivity contribution is 5.84. The molecule has 4 heteroatoms. The molecule has 4 nitrogen and oxygen atoms in total. The molecular weight excluding hydrogens is 154 g/mol. The van der Waals surface area contributed by atoms with Crippen LogP contribution < -0.4 is 5.73 Å². The first-order valence-corrected chi connectivity index (χ1v) is 3.34. The highest BCUT2D eigenvalue weighted by Crippen LogP contribution is 2.11. The maximum Gasteiger partial charge on any atom is 0.239 e. The molecule has 1 aromatic rings. The lowest BCUT2D eigenvalue weighted by molar-refractivity contribution is -0.118. The molecule has 0 saturated heterocycles. The number of amides is 1. The maximum absolute atomic E-state index is 10.7. The van der Waals surface area contributed by atoms with Crippen LogP contribution in [0.15, 0.2) is 24.5 Å². The number of carbonyl (C=O) groups is 1. The van der Waals surface area contributed by atoms with E-state index < -0.39 is 11.8 Å². The van der Waals surface area contributed by atoms with Crippen LogP contribution in [0.3, 0.4) is 0 Å². The zero-order valence-electron chi connectivity index (χ0n) is 6.27. The van der Waals surface area contributed by atoms with Gasteiger partial charge in [-0.25, -0.2) is 0 Å². The summed E-state index contributed by atoms with van der Waals surface area (Å²) in [5.41, 5.74) is 5.52. The quantitative estimate of drug-likeness (QED) is 0.671. The fourth-order valence-electron chi connectivity index (χ4n) is 0.849. The Labute approximate surface area is 69.6 Å². The average Bonchev–Trinajstić information content (AvgIpc) is 2.07. The second kappa shape index (κ2) is 3.49. The third-order valence-electron chi connectivity index (χ3n) is 1.43. The van der Waals surface area contributed by atoms with Crippen molar-refractivity contribution in [3.8, 4) is 6.07 Å². The van der Waals surface area contributed by atoms with Gasteiger partial charge in [0.15, 0.2) is 5.92 Å². The molecule has 1 amide bonds. The minimum absolute atomic E-state index is 0.535. The standard InChI is InChI=1S/C8H7N3O/c9-4-7(8(10)12)6-2-1-3-11-5-6/h1-3,5,7H,(H2,10,12). The van der Waals surface area contributed by atoms with Crippen molar-refractivity contribution in [1.82, 2.24) is 4.98 Å². The van der Waals surface area contributed by atoms with E-state index in [9.17, 15) is 4.79 Å². The lowest BCUT2D eigenvalue weighted by Crippen LogP contribution is -2.19. The molecule has 60 valence electrons. The van der Waals surface area contributed by atoms with Gasteiger partial charge in [0.1, 0.15) is 0 Å². The summed E-state index contributed by atoms with van der Waals surface area (Å²) in [6.07, 6.45) is 3.03. The Balaban J connectivity index is 2.98. The Morgan fingerprint density at radius 2 is 2.50 bits per heavy atom. The molecular formula is C8H7N3O. The summed E-state index contributed by atoms with van der Waals surface area (Å²) in [5.74, 6) is -1.54. The van der Waals surface area contributed by atoms with E-state index >= 15 is 0 Å². The van der Waals surface area contributed by atoms with Gasteiger partial charge in [-0.3, -0.25) is 9.78 Å².